The minimum atomic E-state index is -1.08. The van der Waals surface area contributed by atoms with Crippen LogP contribution in [0.2, 0.25) is 0 Å². The summed E-state index contributed by atoms with van der Waals surface area (Å²) in [7, 11) is 1.73. The number of aliphatic imine (C=N–C) groups is 1. The molecule has 188 valence electrons. The van der Waals surface area contributed by atoms with Gasteiger partial charge in [0.2, 0.25) is 0 Å². The summed E-state index contributed by atoms with van der Waals surface area (Å²) >= 11 is 0. The number of halogens is 1. The van der Waals surface area contributed by atoms with Crippen molar-refractivity contribution in [3.63, 3.8) is 0 Å². The number of carboxylic acid groups (broad SMARTS) is 2. The van der Waals surface area contributed by atoms with E-state index in [4.69, 9.17) is 19.9 Å². The van der Waals surface area contributed by atoms with E-state index in [0.29, 0.717) is 11.7 Å². The molecule has 2 aromatic carbocycles. The number of hydrogen-bond acceptors (Lipinski definition) is 7. The van der Waals surface area contributed by atoms with Gasteiger partial charge in [-0.15, -0.1) is 0 Å². The summed E-state index contributed by atoms with van der Waals surface area (Å²) in [5, 5.41) is 22.8. The minimum Gasteiger partial charge on any atom is -0.481 e. The number of piperazine rings is 1. The van der Waals surface area contributed by atoms with Gasteiger partial charge in [-0.25, -0.2) is 9.38 Å². The third-order valence-corrected chi connectivity index (χ3v) is 5.65. The predicted molar refractivity (Wildman–Crippen MR) is 131 cm³/mol. The summed E-state index contributed by atoms with van der Waals surface area (Å²) in [6.07, 6.45) is 0.356. The standard InChI is InChI=1S/C21H25FN4O.C4H6O4/c1-14-3-5-18-17(11-14)21(25-20-12-15(22)4-6-19(20)24-18)26-9-8-23-16(13-26)7-10-27-2;5-3(6)1-2-4(7)8/h3-6,11-12,16,23-24H,7-10,13H2,1-2H3;1-2H2,(H,5,6)(H,7,8)/t16-;/m0./s1. The lowest BCUT2D eigenvalue weighted by molar-refractivity contribution is -0.143. The lowest BCUT2D eigenvalue weighted by Crippen LogP contribution is -2.53. The van der Waals surface area contributed by atoms with Crippen LogP contribution in [0.5, 0.6) is 0 Å². The molecule has 0 amide bonds. The maximum Gasteiger partial charge on any atom is 0.303 e. The van der Waals surface area contributed by atoms with Crippen LogP contribution in [-0.4, -0.2) is 72.3 Å². The second kappa shape index (κ2) is 12.3. The molecule has 35 heavy (non-hydrogen) atoms. The highest BCUT2D eigenvalue weighted by atomic mass is 19.1. The maximum absolute atomic E-state index is 13.9. The SMILES string of the molecule is COCC[C@H]1CN(C2=Nc3cc(F)ccc3Nc3ccc(C)cc32)CCN1.O=C(O)CCC(=O)O. The van der Waals surface area contributed by atoms with Crippen molar-refractivity contribution in [1.82, 2.24) is 10.2 Å². The molecule has 0 aliphatic carbocycles. The number of anilines is 2. The number of amidine groups is 1. The van der Waals surface area contributed by atoms with E-state index in [-0.39, 0.29) is 18.7 Å². The van der Waals surface area contributed by atoms with Crippen molar-refractivity contribution in [3.8, 4) is 0 Å². The summed E-state index contributed by atoms with van der Waals surface area (Å²) < 4.78 is 19.1. The number of fused-ring (bicyclic) bond motifs is 2. The van der Waals surface area contributed by atoms with E-state index in [1.165, 1.54) is 17.7 Å². The van der Waals surface area contributed by atoms with Crippen molar-refractivity contribution in [2.45, 2.75) is 32.2 Å². The quantitative estimate of drug-likeness (QED) is 0.489. The van der Waals surface area contributed by atoms with E-state index in [9.17, 15) is 14.0 Å². The Morgan fingerprint density at radius 3 is 2.54 bits per heavy atom. The molecule has 0 radical (unpaired) electrons. The molecule has 10 heteroatoms. The second-order valence-corrected chi connectivity index (χ2v) is 8.44. The van der Waals surface area contributed by atoms with Crippen LogP contribution < -0.4 is 10.6 Å². The molecule has 0 saturated carbocycles. The Bertz CT molecular complexity index is 1080. The topological polar surface area (TPSA) is 123 Å². The zero-order valence-corrected chi connectivity index (χ0v) is 19.9. The third-order valence-electron chi connectivity index (χ3n) is 5.65. The van der Waals surface area contributed by atoms with Gasteiger partial charge in [0.15, 0.2) is 0 Å². The molecular weight excluding hydrogens is 455 g/mol. The fourth-order valence-corrected chi connectivity index (χ4v) is 3.90. The average molecular weight is 487 g/mol. The van der Waals surface area contributed by atoms with E-state index >= 15 is 0 Å². The van der Waals surface area contributed by atoms with Crippen molar-refractivity contribution in [1.29, 1.82) is 0 Å². The highest BCUT2D eigenvalue weighted by Gasteiger charge is 2.26. The smallest absolute Gasteiger partial charge is 0.303 e. The van der Waals surface area contributed by atoms with E-state index in [1.807, 2.05) is 0 Å². The Hall–Kier alpha value is -3.50. The number of nitrogens with one attached hydrogen (secondary N) is 2. The van der Waals surface area contributed by atoms with Gasteiger partial charge in [0, 0.05) is 56.7 Å². The number of rotatable bonds is 6. The van der Waals surface area contributed by atoms with E-state index in [1.54, 1.807) is 13.2 Å². The van der Waals surface area contributed by atoms with E-state index < -0.39 is 11.9 Å². The first-order valence-electron chi connectivity index (χ1n) is 11.4. The van der Waals surface area contributed by atoms with Crippen molar-refractivity contribution in [2.75, 3.05) is 38.7 Å². The molecule has 2 aliphatic rings. The molecule has 2 aliphatic heterocycles. The summed E-state index contributed by atoms with van der Waals surface area (Å²) in [5.41, 5.74) is 4.68. The van der Waals surface area contributed by atoms with Crippen LogP contribution in [0.3, 0.4) is 0 Å². The number of carboxylic acids is 2. The molecule has 2 heterocycles. The van der Waals surface area contributed by atoms with Gasteiger partial charge in [-0.2, -0.15) is 0 Å². The number of benzene rings is 2. The van der Waals surface area contributed by atoms with Gasteiger partial charge >= 0.3 is 11.9 Å². The molecule has 0 aromatic heterocycles. The van der Waals surface area contributed by atoms with Crippen LogP contribution >= 0.6 is 0 Å². The van der Waals surface area contributed by atoms with Gasteiger partial charge < -0.3 is 30.5 Å². The number of carbonyl (C=O) groups is 2. The fraction of sp³-hybridized carbons (Fsp3) is 0.400. The minimum absolute atomic E-state index is 0.279. The molecule has 4 N–H and O–H groups in total. The lowest BCUT2D eigenvalue weighted by Gasteiger charge is -2.36. The number of methoxy groups -OCH3 is 1. The molecular formula is C25H31FN4O5. The van der Waals surface area contributed by atoms with Gasteiger partial charge in [-0.3, -0.25) is 9.59 Å². The molecule has 0 bridgehead atoms. The number of nitrogens with zero attached hydrogens (tertiary/aromatic N) is 2. The fourth-order valence-electron chi connectivity index (χ4n) is 3.90. The monoisotopic (exact) mass is 486 g/mol. The van der Waals surface area contributed by atoms with Gasteiger partial charge in [-0.05, 0) is 37.6 Å². The largest absolute Gasteiger partial charge is 0.481 e. The molecule has 9 nitrogen and oxygen atoms in total. The van der Waals surface area contributed by atoms with Crippen LogP contribution in [-0.2, 0) is 14.3 Å². The summed E-state index contributed by atoms with van der Waals surface area (Å²) in [4.78, 5) is 26.5. The zero-order valence-electron chi connectivity index (χ0n) is 19.9. The van der Waals surface area contributed by atoms with Crippen LogP contribution in [0.4, 0.5) is 21.5 Å². The maximum atomic E-state index is 13.9. The second-order valence-electron chi connectivity index (χ2n) is 8.44. The van der Waals surface area contributed by atoms with Crippen LogP contribution in [0, 0.1) is 12.7 Å². The van der Waals surface area contributed by atoms with Crippen molar-refractivity contribution in [2.24, 2.45) is 4.99 Å². The Balaban J connectivity index is 0.000000371. The third kappa shape index (κ3) is 7.49. The number of ether oxygens (including phenoxy) is 1. The molecule has 2 aromatic rings. The molecule has 1 atom stereocenters. The molecule has 0 spiro atoms. The van der Waals surface area contributed by atoms with E-state index in [2.05, 4.69) is 40.7 Å². The molecule has 4 rings (SSSR count). The summed E-state index contributed by atoms with van der Waals surface area (Å²) in [6.45, 7) is 5.40. The summed E-state index contributed by atoms with van der Waals surface area (Å²) in [6, 6.07) is 11.4. The molecule has 1 fully saturated rings. The first-order valence-corrected chi connectivity index (χ1v) is 11.4. The number of aryl methyl sites for hydroxylation is 1. The highest BCUT2D eigenvalue weighted by Crippen LogP contribution is 2.35. The Morgan fingerprint density at radius 2 is 1.86 bits per heavy atom. The number of hydrogen-bond donors (Lipinski definition) is 4. The van der Waals surface area contributed by atoms with Crippen molar-refractivity contribution < 1.29 is 28.9 Å². The Kier molecular flexibility index (Phi) is 9.16. The average Bonchev–Trinajstić information content (AvgIpc) is 2.98. The Labute approximate surface area is 203 Å². The van der Waals surface area contributed by atoms with Crippen LogP contribution in [0.15, 0.2) is 41.4 Å². The normalized spacial score (nSPS) is 16.5. The van der Waals surface area contributed by atoms with Gasteiger partial charge in [0.05, 0.1) is 24.2 Å². The van der Waals surface area contributed by atoms with Gasteiger partial charge in [0.25, 0.3) is 0 Å². The first-order chi connectivity index (χ1) is 16.8. The highest BCUT2D eigenvalue weighted by molar-refractivity contribution is 6.07. The van der Waals surface area contributed by atoms with Gasteiger partial charge in [-0.1, -0.05) is 11.6 Å². The van der Waals surface area contributed by atoms with Gasteiger partial charge in [0.1, 0.15) is 11.7 Å². The van der Waals surface area contributed by atoms with E-state index in [0.717, 1.165) is 55.4 Å². The zero-order chi connectivity index (χ0) is 25.4. The lowest BCUT2D eigenvalue weighted by atomic mass is 10.1. The molecule has 0 unspecified atom stereocenters. The predicted octanol–water partition coefficient (Wildman–Crippen LogP) is 3.52. The van der Waals surface area contributed by atoms with Crippen molar-refractivity contribution in [3.05, 3.63) is 53.3 Å². The van der Waals surface area contributed by atoms with Crippen molar-refractivity contribution >= 4 is 34.8 Å². The van der Waals surface area contributed by atoms with Crippen LogP contribution in [0.25, 0.3) is 0 Å². The van der Waals surface area contributed by atoms with Crippen LogP contribution in [0.1, 0.15) is 30.4 Å². The molecule has 1 saturated heterocycles. The summed E-state index contributed by atoms with van der Waals surface area (Å²) in [5.74, 6) is -1.53. The Morgan fingerprint density at radius 1 is 1.14 bits per heavy atom. The first kappa shape index (κ1) is 26.1. The number of aliphatic carboxylic acids is 2.